The van der Waals surface area contributed by atoms with Crippen LogP contribution in [0.15, 0.2) is 35.7 Å². The summed E-state index contributed by atoms with van der Waals surface area (Å²) < 4.78 is 0. The van der Waals surface area contributed by atoms with Crippen LogP contribution in [0.3, 0.4) is 0 Å². The first-order valence-corrected chi connectivity index (χ1v) is 7.13. The molecule has 0 fully saturated rings. The lowest BCUT2D eigenvalue weighted by Gasteiger charge is -2.22. The number of hydrogen-bond donors (Lipinski definition) is 2. The molecule has 0 amide bonds. The average molecular weight is 302 g/mol. The third-order valence-electron chi connectivity index (χ3n) is 2.83. The highest BCUT2D eigenvalue weighted by Gasteiger charge is 2.24. The van der Waals surface area contributed by atoms with E-state index in [1.165, 1.54) is 11.3 Å². The summed E-state index contributed by atoms with van der Waals surface area (Å²) in [5.41, 5.74) is 6.60. The zero-order valence-corrected chi connectivity index (χ0v) is 11.8. The van der Waals surface area contributed by atoms with Crippen LogP contribution in [-0.2, 0) is 0 Å². The van der Waals surface area contributed by atoms with Crippen molar-refractivity contribution in [1.29, 1.82) is 0 Å². The number of hydrogen-bond acceptors (Lipinski definition) is 3. The molecule has 0 aliphatic rings. The van der Waals surface area contributed by atoms with Crippen LogP contribution in [0.1, 0.15) is 22.5 Å². The van der Waals surface area contributed by atoms with Crippen molar-refractivity contribution in [3.63, 3.8) is 0 Å². The van der Waals surface area contributed by atoms with Gasteiger partial charge in [-0.15, -0.1) is 11.3 Å². The third kappa shape index (κ3) is 2.87. The van der Waals surface area contributed by atoms with Crippen molar-refractivity contribution in [2.45, 2.75) is 12.0 Å². The largest absolute Gasteiger partial charge is 0.387 e. The summed E-state index contributed by atoms with van der Waals surface area (Å²) in [6.45, 7) is 0.320. The van der Waals surface area contributed by atoms with Gasteiger partial charge in [0.2, 0.25) is 0 Å². The van der Waals surface area contributed by atoms with E-state index in [9.17, 15) is 5.11 Å². The fourth-order valence-corrected chi connectivity index (χ4v) is 3.21. The Morgan fingerprint density at radius 1 is 1.28 bits per heavy atom. The van der Waals surface area contributed by atoms with Crippen LogP contribution >= 0.6 is 34.5 Å². The maximum Gasteiger partial charge on any atom is 0.0962 e. The Bertz CT molecular complexity index is 516. The van der Waals surface area contributed by atoms with E-state index in [4.69, 9.17) is 28.9 Å². The van der Waals surface area contributed by atoms with Crippen molar-refractivity contribution in [1.82, 2.24) is 0 Å². The van der Waals surface area contributed by atoms with E-state index in [1.54, 1.807) is 12.1 Å². The monoisotopic (exact) mass is 301 g/mol. The maximum absolute atomic E-state index is 10.4. The molecule has 96 valence electrons. The summed E-state index contributed by atoms with van der Waals surface area (Å²) in [6, 6.07) is 9.04. The minimum Gasteiger partial charge on any atom is -0.387 e. The number of thiophene rings is 1. The molecule has 0 spiro atoms. The summed E-state index contributed by atoms with van der Waals surface area (Å²) in [5, 5.41) is 13.4. The molecule has 2 atom stereocenters. The van der Waals surface area contributed by atoms with E-state index in [1.807, 2.05) is 23.6 Å². The number of benzene rings is 1. The zero-order chi connectivity index (χ0) is 13.1. The summed E-state index contributed by atoms with van der Waals surface area (Å²) in [6.07, 6.45) is -0.645. The summed E-state index contributed by atoms with van der Waals surface area (Å²) in [7, 11) is 0. The molecule has 1 aromatic carbocycles. The molecule has 0 radical (unpaired) electrons. The Labute approximate surface area is 120 Å². The van der Waals surface area contributed by atoms with Crippen molar-refractivity contribution in [2.75, 3.05) is 6.54 Å². The lowest BCUT2D eigenvalue weighted by molar-refractivity contribution is 0.151. The second kappa shape index (κ2) is 6.04. The first kappa shape index (κ1) is 13.8. The second-order valence-corrected chi connectivity index (χ2v) is 5.79. The van der Waals surface area contributed by atoms with Gasteiger partial charge in [0.1, 0.15) is 0 Å². The molecule has 0 saturated carbocycles. The van der Waals surface area contributed by atoms with Crippen molar-refractivity contribution in [3.8, 4) is 0 Å². The number of aliphatic hydroxyl groups is 1. The molecule has 0 aliphatic carbocycles. The van der Waals surface area contributed by atoms with E-state index >= 15 is 0 Å². The van der Waals surface area contributed by atoms with Gasteiger partial charge in [0.15, 0.2) is 0 Å². The topological polar surface area (TPSA) is 46.2 Å². The van der Waals surface area contributed by atoms with Crippen molar-refractivity contribution in [3.05, 3.63) is 56.2 Å². The van der Waals surface area contributed by atoms with Gasteiger partial charge in [-0.2, -0.15) is 0 Å². The van der Waals surface area contributed by atoms with Crippen LogP contribution in [0.25, 0.3) is 0 Å². The quantitative estimate of drug-likeness (QED) is 0.901. The number of halogens is 2. The minimum atomic E-state index is -0.645. The van der Waals surface area contributed by atoms with Crippen molar-refractivity contribution >= 4 is 34.5 Å². The lowest BCUT2D eigenvalue weighted by atomic mass is 9.92. The van der Waals surface area contributed by atoms with Gasteiger partial charge in [0, 0.05) is 27.4 Å². The van der Waals surface area contributed by atoms with Crippen molar-refractivity contribution in [2.24, 2.45) is 5.73 Å². The molecular formula is C13H13Cl2NOS. The van der Waals surface area contributed by atoms with Crippen LogP contribution in [0.4, 0.5) is 0 Å². The Kier molecular flexibility index (Phi) is 4.65. The number of aliphatic hydroxyl groups excluding tert-OH is 1. The van der Waals surface area contributed by atoms with Gasteiger partial charge < -0.3 is 10.8 Å². The van der Waals surface area contributed by atoms with E-state index in [2.05, 4.69) is 0 Å². The molecule has 18 heavy (non-hydrogen) atoms. The highest BCUT2D eigenvalue weighted by Crippen LogP contribution is 2.36. The third-order valence-corrected chi connectivity index (χ3v) is 4.34. The van der Waals surface area contributed by atoms with Gasteiger partial charge in [0.05, 0.1) is 6.10 Å². The minimum absolute atomic E-state index is 0.228. The first-order chi connectivity index (χ1) is 8.63. The summed E-state index contributed by atoms with van der Waals surface area (Å²) >= 11 is 13.5. The van der Waals surface area contributed by atoms with Crippen LogP contribution in [0.2, 0.25) is 10.0 Å². The molecule has 2 aromatic rings. The standard InChI is InChI=1S/C13H13Cl2NOS/c14-8-3-4-9(11(15)6-8)10(7-16)13(17)12-2-1-5-18-12/h1-6,10,13,17H,7,16H2. The Hall–Kier alpha value is -0.580. The first-order valence-electron chi connectivity index (χ1n) is 5.50. The molecule has 0 aliphatic heterocycles. The van der Waals surface area contributed by atoms with Gasteiger partial charge >= 0.3 is 0 Å². The molecular weight excluding hydrogens is 289 g/mol. The Morgan fingerprint density at radius 2 is 2.06 bits per heavy atom. The molecule has 5 heteroatoms. The van der Waals surface area contributed by atoms with Crippen molar-refractivity contribution < 1.29 is 5.11 Å². The molecule has 2 rings (SSSR count). The van der Waals surface area contributed by atoms with E-state index < -0.39 is 6.10 Å². The van der Waals surface area contributed by atoms with Gasteiger partial charge in [0.25, 0.3) is 0 Å². The molecule has 2 unspecified atom stereocenters. The van der Waals surface area contributed by atoms with E-state index in [0.29, 0.717) is 16.6 Å². The Morgan fingerprint density at radius 3 is 2.61 bits per heavy atom. The predicted octanol–water partition coefficient (Wildman–Crippen LogP) is 3.83. The van der Waals surface area contributed by atoms with Gasteiger partial charge in [-0.05, 0) is 29.1 Å². The highest BCUT2D eigenvalue weighted by atomic mass is 35.5. The fourth-order valence-electron chi connectivity index (χ4n) is 1.89. The van der Waals surface area contributed by atoms with Gasteiger partial charge in [-0.25, -0.2) is 0 Å². The van der Waals surface area contributed by atoms with Crippen LogP contribution in [0.5, 0.6) is 0 Å². The van der Waals surface area contributed by atoms with Crippen LogP contribution in [0, 0.1) is 0 Å². The SMILES string of the molecule is NCC(c1ccc(Cl)cc1Cl)C(O)c1cccs1. The Balaban J connectivity index is 2.33. The summed E-state index contributed by atoms with van der Waals surface area (Å²) in [5.74, 6) is -0.228. The van der Waals surface area contributed by atoms with Gasteiger partial charge in [-0.1, -0.05) is 35.3 Å². The normalized spacial score (nSPS) is 14.4. The molecule has 0 saturated heterocycles. The molecule has 2 nitrogen and oxygen atoms in total. The molecule has 3 N–H and O–H groups in total. The summed E-state index contributed by atoms with van der Waals surface area (Å²) in [4.78, 5) is 0.886. The maximum atomic E-state index is 10.4. The molecule has 0 bridgehead atoms. The average Bonchev–Trinajstić information content (AvgIpc) is 2.86. The second-order valence-electron chi connectivity index (χ2n) is 3.97. The van der Waals surface area contributed by atoms with Crippen LogP contribution < -0.4 is 5.73 Å². The zero-order valence-electron chi connectivity index (χ0n) is 9.51. The van der Waals surface area contributed by atoms with Gasteiger partial charge in [-0.3, -0.25) is 0 Å². The fraction of sp³-hybridized carbons (Fsp3) is 0.231. The van der Waals surface area contributed by atoms with E-state index in [-0.39, 0.29) is 5.92 Å². The highest BCUT2D eigenvalue weighted by molar-refractivity contribution is 7.10. The number of rotatable bonds is 4. The predicted molar refractivity (Wildman–Crippen MR) is 77.5 cm³/mol. The number of nitrogens with two attached hydrogens (primary N) is 1. The van der Waals surface area contributed by atoms with Crippen LogP contribution in [-0.4, -0.2) is 11.7 Å². The molecule has 1 heterocycles. The lowest BCUT2D eigenvalue weighted by Crippen LogP contribution is -2.19. The molecule has 1 aromatic heterocycles. The smallest absolute Gasteiger partial charge is 0.0962 e. The van der Waals surface area contributed by atoms with E-state index in [0.717, 1.165) is 10.4 Å².